The van der Waals surface area contributed by atoms with Crippen LogP contribution in [0.25, 0.3) is 0 Å². The molecule has 2 atom stereocenters. The van der Waals surface area contributed by atoms with Crippen molar-refractivity contribution in [3.05, 3.63) is 0 Å². The Labute approximate surface area is 134 Å². The van der Waals surface area contributed by atoms with Crippen LogP contribution in [-0.2, 0) is 23.5 Å². The van der Waals surface area contributed by atoms with Crippen molar-refractivity contribution in [1.29, 1.82) is 0 Å². The molecule has 0 fully saturated rings. The molecule has 128 valence electrons. The summed E-state index contributed by atoms with van der Waals surface area (Å²) in [5.74, 6) is 0. The van der Waals surface area contributed by atoms with E-state index >= 15 is 0 Å². The van der Waals surface area contributed by atoms with Crippen molar-refractivity contribution in [2.24, 2.45) is 5.41 Å². The standard InChI is InChI=1S/C12H24N3O5PS/c1-10(11(2,3)4)20-21(5,19)22-12(14-8-17,15-9-18)6-13-7-16/h7-10H,6H2,1-5H3,(H,13,16)(H,14,17)(H,15,18). The molecular formula is C12H24N3O5PS. The summed E-state index contributed by atoms with van der Waals surface area (Å²) in [6, 6.07) is 0. The van der Waals surface area contributed by atoms with Gasteiger partial charge in [-0.2, -0.15) is 0 Å². The van der Waals surface area contributed by atoms with Crippen LogP contribution in [0.3, 0.4) is 0 Å². The highest BCUT2D eigenvalue weighted by molar-refractivity contribution is 8.57. The molecule has 3 N–H and O–H groups in total. The van der Waals surface area contributed by atoms with Gasteiger partial charge in [-0.3, -0.25) is 18.9 Å². The van der Waals surface area contributed by atoms with Gasteiger partial charge in [0.1, 0.15) is 0 Å². The highest BCUT2D eigenvalue weighted by Crippen LogP contribution is 2.61. The molecule has 0 bridgehead atoms. The van der Waals surface area contributed by atoms with Crippen molar-refractivity contribution in [2.75, 3.05) is 13.2 Å². The first-order valence-electron chi connectivity index (χ1n) is 6.58. The maximum Gasteiger partial charge on any atom is 0.259 e. The predicted molar refractivity (Wildman–Crippen MR) is 86.3 cm³/mol. The Hall–Kier alpha value is -1.05. The lowest BCUT2D eigenvalue weighted by Crippen LogP contribution is -2.59. The molecule has 0 aromatic heterocycles. The first-order valence-corrected chi connectivity index (χ1v) is 10.1. The molecule has 0 rings (SSSR count). The summed E-state index contributed by atoms with van der Waals surface area (Å²) in [7, 11) is 0. The lowest BCUT2D eigenvalue weighted by atomic mass is 9.91. The van der Waals surface area contributed by atoms with E-state index in [0.717, 1.165) is 11.4 Å². The fraction of sp³-hybridized carbons (Fsp3) is 0.750. The van der Waals surface area contributed by atoms with Gasteiger partial charge < -0.3 is 20.5 Å². The van der Waals surface area contributed by atoms with Crippen LogP contribution >= 0.6 is 18.0 Å². The van der Waals surface area contributed by atoms with Crippen molar-refractivity contribution in [2.45, 2.75) is 38.8 Å². The smallest absolute Gasteiger partial charge is 0.259 e. The van der Waals surface area contributed by atoms with Gasteiger partial charge in [-0.1, -0.05) is 20.8 Å². The second-order valence-corrected chi connectivity index (χ2v) is 11.0. The monoisotopic (exact) mass is 353 g/mol. The maximum atomic E-state index is 12.7. The second-order valence-electron chi connectivity index (χ2n) is 5.83. The van der Waals surface area contributed by atoms with E-state index in [1.54, 1.807) is 6.92 Å². The van der Waals surface area contributed by atoms with E-state index in [4.69, 9.17) is 4.52 Å². The molecule has 8 nitrogen and oxygen atoms in total. The number of nitrogens with one attached hydrogen (secondary N) is 3. The molecule has 0 aliphatic carbocycles. The topological polar surface area (TPSA) is 114 Å². The summed E-state index contributed by atoms with van der Waals surface area (Å²) in [6.45, 7) is 5.62. The van der Waals surface area contributed by atoms with Crippen LogP contribution in [0.2, 0.25) is 0 Å². The average Bonchev–Trinajstić information content (AvgIpc) is 2.34. The van der Waals surface area contributed by atoms with E-state index in [1.807, 2.05) is 20.8 Å². The van der Waals surface area contributed by atoms with Gasteiger partial charge in [0.15, 0.2) is 4.99 Å². The molecule has 0 aromatic carbocycles. The van der Waals surface area contributed by atoms with E-state index in [9.17, 15) is 18.9 Å². The van der Waals surface area contributed by atoms with Crippen molar-refractivity contribution in [1.82, 2.24) is 16.0 Å². The fourth-order valence-electron chi connectivity index (χ4n) is 1.35. The molecule has 10 heteroatoms. The lowest BCUT2D eigenvalue weighted by molar-refractivity contribution is -0.114. The SMILES string of the molecule is CC(OP(C)(=O)SC(CNC=O)(NC=O)NC=O)C(C)(C)C. The number of carbonyl (C=O) groups excluding carboxylic acids is 3. The zero-order valence-electron chi connectivity index (χ0n) is 13.4. The highest BCUT2D eigenvalue weighted by Gasteiger charge is 2.39. The summed E-state index contributed by atoms with van der Waals surface area (Å²) in [5, 5.41) is 7.08. The number of carbonyl (C=O) groups is 3. The Morgan fingerprint density at radius 2 is 1.64 bits per heavy atom. The van der Waals surface area contributed by atoms with Gasteiger partial charge in [0, 0.05) is 6.66 Å². The molecule has 0 aliphatic heterocycles. The Bertz CT molecular complexity index is 431. The van der Waals surface area contributed by atoms with Crippen molar-refractivity contribution < 1.29 is 23.5 Å². The number of rotatable bonds is 11. The van der Waals surface area contributed by atoms with Gasteiger partial charge >= 0.3 is 0 Å². The van der Waals surface area contributed by atoms with Gasteiger partial charge in [-0.25, -0.2) is 0 Å². The van der Waals surface area contributed by atoms with Crippen molar-refractivity contribution >= 4 is 37.2 Å². The predicted octanol–water partition coefficient (Wildman–Crippen LogP) is 0.885. The van der Waals surface area contributed by atoms with Crippen LogP contribution in [0.15, 0.2) is 0 Å². The largest absolute Gasteiger partial charge is 0.353 e. The molecule has 0 saturated heterocycles. The van der Waals surface area contributed by atoms with Gasteiger partial charge in [0.05, 0.1) is 12.6 Å². The van der Waals surface area contributed by atoms with E-state index in [1.165, 1.54) is 6.66 Å². The van der Waals surface area contributed by atoms with E-state index in [2.05, 4.69) is 16.0 Å². The lowest BCUT2D eigenvalue weighted by Gasteiger charge is -2.36. The van der Waals surface area contributed by atoms with Crippen LogP contribution < -0.4 is 16.0 Å². The number of hydrogen-bond acceptors (Lipinski definition) is 6. The van der Waals surface area contributed by atoms with Crippen LogP contribution in [0.5, 0.6) is 0 Å². The Kier molecular flexibility index (Phi) is 8.14. The molecular weight excluding hydrogens is 329 g/mol. The van der Waals surface area contributed by atoms with Crippen molar-refractivity contribution in [3.8, 4) is 0 Å². The van der Waals surface area contributed by atoms with Gasteiger partial charge in [-0.15, -0.1) is 0 Å². The molecule has 0 heterocycles. The third kappa shape index (κ3) is 7.29. The van der Waals surface area contributed by atoms with Gasteiger partial charge in [0.25, 0.3) is 6.57 Å². The Morgan fingerprint density at radius 1 is 1.14 bits per heavy atom. The van der Waals surface area contributed by atoms with Crippen molar-refractivity contribution in [3.63, 3.8) is 0 Å². The summed E-state index contributed by atoms with van der Waals surface area (Å²) in [6.07, 6.45) is 0.792. The number of hydrogen-bond donors (Lipinski definition) is 3. The van der Waals surface area contributed by atoms with Crippen LogP contribution in [0.4, 0.5) is 0 Å². The zero-order chi connectivity index (χ0) is 17.4. The molecule has 2 unspecified atom stereocenters. The normalized spacial score (nSPS) is 16.0. The minimum atomic E-state index is -3.25. The fourth-order valence-corrected chi connectivity index (χ4v) is 5.93. The highest BCUT2D eigenvalue weighted by atomic mass is 32.7. The molecule has 0 radical (unpaired) electrons. The minimum Gasteiger partial charge on any atom is -0.353 e. The van der Waals surface area contributed by atoms with E-state index < -0.39 is 11.6 Å². The molecule has 0 spiro atoms. The molecule has 22 heavy (non-hydrogen) atoms. The summed E-state index contributed by atoms with van der Waals surface area (Å²) < 4.78 is 18.3. The number of amides is 3. The van der Waals surface area contributed by atoms with E-state index in [-0.39, 0.29) is 18.1 Å². The minimum absolute atomic E-state index is 0.149. The van der Waals surface area contributed by atoms with Crippen LogP contribution in [-0.4, -0.2) is 43.5 Å². The maximum absolute atomic E-state index is 12.7. The first-order chi connectivity index (χ1) is 10.0. The van der Waals surface area contributed by atoms with Crippen LogP contribution in [0, 0.1) is 5.41 Å². The van der Waals surface area contributed by atoms with Gasteiger partial charge in [-0.05, 0) is 23.7 Å². The third-order valence-electron chi connectivity index (χ3n) is 2.91. The summed E-state index contributed by atoms with van der Waals surface area (Å²) in [4.78, 5) is 30.6. The third-order valence-corrected chi connectivity index (χ3v) is 6.82. The quantitative estimate of drug-likeness (QED) is 0.289. The zero-order valence-corrected chi connectivity index (χ0v) is 15.1. The Morgan fingerprint density at radius 3 is 2.00 bits per heavy atom. The van der Waals surface area contributed by atoms with Gasteiger partial charge in [0.2, 0.25) is 19.2 Å². The van der Waals surface area contributed by atoms with Crippen LogP contribution in [0.1, 0.15) is 27.7 Å². The molecule has 0 aromatic rings. The molecule has 0 aliphatic rings. The summed E-state index contributed by atoms with van der Waals surface area (Å²) in [5.41, 5.74) is -0.230. The average molecular weight is 353 g/mol. The summed E-state index contributed by atoms with van der Waals surface area (Å²) >= 11 is 0.755. The molecule has 0 saturated carbocycles. The first kappa shape index (κ1) is 20.9. The molecule has 3 amide bonds. The second kappa shape index (κ2) is 8.55. The Balaban J connectivity index is 5.23. The van der Waals surface area contributed by atoms with E-state index in [0.29, 0.717) is 19.2 Å².